The van der Waals surface area contributed by atoms with Gasteiger partial charge in [0.1, 0.15) is 5.78 Å². The molecule has 1 aromatic carbocycles. The van der Waals surface area contributed by atoms with Gasteiger partial charge in [-0.15, -0.1) is 0 Å². The molecule has 0 atom stereocenters. The Labute approximate surface area is 84.3 Å². The average Bonchev–Trinajstić information content (AvgIpc) is 2.12. The lowest BCUT2D eigenvalue weighted by molar-refractivity contribution is -0.116. The summed E-state index contributed by atoms with van der Waals surface area (Å²) in [4.78, 5) is 21.1. The number of carboxylic acid groups (broad SMARTS) is 1. The van der Waals surface area contributed by atoms with Crippen LogP contribution in [0.15, 0.2) is 12.1 Å². The van der Waals surface area contributed by atoms with Crippen molar-refractivity contribution in [1.82, 2.24) is 0 Å². The Balaban J connectivity index is 3.21. The van der Waals surface area contributed by atoms with Gasteiger partial charge >= 0.3 is 5.97 Å². The van der Waals surface area contributed by atoms with E-state index in [-0.39, 0.29) is 17.8 Å². The predicted octanol–water partition coefficient (Wildman–Crippen LogP) is 1.79. The molecule has 3 nitrogen and oxygen atoms in total. The highest BCUT2D eigenvalue weighted by molar-refractivity contribution is 5.88. The summed E-state index contributed by atoms with van der Waals surface area (Å²) < 4.78 is 26.3. The van der Waals surface area contributed by atoms with E-state index in [1.807, 2.05) is 0 Å². The first-order chi connectivity index (χ1) is 6.93. The van der Waals surface area contributed by atoms with Crippen molar-refractivity contribution in [3.8, 4) is 0 Å². The average molecular weight is 214 g/mol. The number of carboxylic acids is 1. The number of halogens is 2. The molecule has 0 bridgehead atoms. The van der Waals surface area contributed by atoms with Gasteiger partial charge in [0.25, 0.3) is 0 Å². The molecule has 0 fully saturated rings. The predicted molar refractivity (Wildman–Crippen MR) is 47.7 cm³/mol. The summed E-state index contributed by atoms with van der Waals surface area (Å²) in [5.74, 6) is -4.57. The molecule has 15 heavy (non-hydrogen) atoms. The summed E-state index contributed by atoms with van der Waals surface area (Å²) in [6, 6.07) is 2.04. The molecule has 0 aliphatic carbocycles. The fraction of sp³-hybridized carbons (Fsp3) is 0.200. The van der Waals surface area contributed by atoms with Crippen LogP contribution in [-0.2, 0) is 11.2 Å². The molecule has 1 N–H and O–H groups in total. The third-order valence-corrected chi connectivity index (χ3v) is 1.83. The molecule has 0 heterocycles. The molecule has 0 radical (unpaired) electrons. The van der Waals surface area contributed by atoms with E-state index in [2.05, 4.69) is 0 Å². The van der Waals surface area contributed by atoms with Crippen LogP contribution in [0.25, 0.3) is 0 Å². The molecule has 1 aromatic rings. The maximum absolute atomic E-state index is 13.2. The summed E-state index contributed by atoms with van der Waals surface area (Å²) in [5.41, 5.74) is -0.871. The second-order valence-corrected chi connectivity index (χ2v) is 3.08. The zero-order valence-electron chi connectivity index (χ0n) is 7.88. The highest BCUT2D eigenvalue weighted by atomic mass is 19.2. The van der Waals surface area contributed by atoms with Crippen molar-refractivity contribution in [3.05, 3.63) is 34.9 Å². The van der Waals surface area contributed by atoms with Crippen molar-refractivity contribution in [2.24, 2.45) is 0 Å². The number of ketones is 1. The minimum Gasteiger partial charge on any atom is -0.478 e. The maximum Gasteiger partial charge on any atom is 0.338 e. The fourth-order valence-electron chi connectivity index (χ4n) is 1.16. The van der Waals surface area contributed by atoms with Gasteiger partial charge in [-0.3, -0.25) is 4.79 Å². The quantitative estimate of drug-likeness (QED) is 0.834. The van der Waals surface area contributed by atoms with E-state index in [1.54, 1.807) is 0 Å². The molecule has 0 aliphatic heterocycles. The van der Waals surface area contributed by atoms with Crippen LogP contribution in [0.5, 0.6) is 0 Å². The minimum atomic E-state index is -1.54. The maximum atomic E-state index is 13.2. The Morgan fingerprint density at radius 2 is 1.87 bits per heavy atom. The number of Topliss-reactive ketones (excluding diaryl/α,β-unsaturated/α-hetero) is 1. The van der Waals surface area contributed by atoms with Gasteiger partial charge in [-0.1, -0.05) is 6.07 Å². The van der Waals surface area contributed by atoms with Gasteiger partial charge in [-0.2, -0.15) is 0 Å². The summed E-state index contributed by atoms with van der Waals surface area (Å²) in [5, 5.41) is 8.49. The fourth-order valence-corrected chi connectivity index (χ4v) is 1.16. The van der Waals surface area contributed by atoms with Gasteiger partial charge in [0.05, 0.1) is 5.56 Å². The van der Waals surface area contributed by atoms with Crippen LogP contribution in [0.4, 0.5) is 8.78 Å². The van der Waals surface area contributed by atoms with Crippen molar-refractivity contribution in [2.75, 3.05) is 0 Å². The molecule has 0 unspecified atom stereocenters. The third-order valence-electron chi connectivity index (χ3n) is 1.83. The Hall–Kier alpha value is -1.78. The van der Waals surface area contributed by atoms with Crippen molar-refractivity contribution in [3.63, 3.8) is 0 Å². The largest absolute Gasteiger partial charge is 0.478 e. The van der Waals surface area contributed by atoms with Gasteiger partial charge in [0, 0.05) is 6.42 Å². The Bertz CT molecular complexity index is 427. The van der Waals surface area contributed by atoms with Gasteiger partial charge in [-0.25, -0.2) is 13.6 Å². The molecular weight excluding hydrogens is 206 g/mol. The van der Waals surface area contributed by atoms with Crippen LogP contribution < -0.4 is 0 Å². The van der Waals surface area contributed by atoms with E-state index in [1.165, 1.54) is 6.92 Å². The first-order valence-corrected chi connectivity index (χ1v) is 4.13. The lowest BCUT2D eigenvalue weighted by Gasteiger charge is -2.03. The Morgan fingerprint density at radius 1 is 1.27 bits per heavy atom. The van der Waals surface area contributed by atoms with E-state index in [0.29, 0.717) is 0 Å². The van der Waals surface area contributed by atoms with Crippen LogP contribution in [0.3, 0.4) is 0 Å². The number of hydrogen-bond acceptors (Lipinski definition) is 2. The van der Waals surface area contributed by atoms with Crippen molar-refractivity contribution in [2.45, 2.75) is 13.3 Å². The monoisotopic (exact) mass is 214 g/mol. The second kappa shape index (κ2) is 4.16. The molecule has 0 saturated carbocycles. The molecular formula is C10H8F2O3. The number of hydrogen-bond donors (Lipinski definition) is 1. The molecule has 5 heteroatoms. The molecule has 0 saturated heterocycles. The van der Waals surface area contributed by atoms with Crippen LogP contribution >= 0.6 is 0 Å². The van der Waals surface area contributed by atoms with Crippen LogP contribution in [0.2, 0.25) is 0 Å². The molecule has 80 valence electrons. The van der Waals surface area contributed by atoms with Crippen LogP contribution in [0, 0.1) is 11.6 Å². The van der Waals surface area contributed by atoms with Gasteiger partial charge in [-0.05, 0) is 18.6 Å². The van der Waals surface area contributed by atoms with Gasteiger partial charge in [0.15, 0.2) is 11.6 Å². The summed E-state index contributed by atoms with van der Waals surface area (Å²) in [7, 11) is 0. The zero-order chi connectivity index (χ0) is 11.6. The number of aromatic carboxylic acids is 1. The highest BCUT2D eigenvalue weighted by Gasteiger charge is 2.18. The third kappa shape index (κ3) is 2.37. The highest BCUT2D eigenvalue weighted by Crippen LogP contribution is 2.17. The summed E-state index contributed by atoms with van der Waals surface area (Å²) >= 11 is 0. The molecule has 0 spiro atoms. The van der Waals surface area contributed by atoms with Crippen molar-refractivity contribution in [1.29, 1.82) is 0 Å². The first-order valence-electron chi connectivity index (χ1n) is 4.13. The topological polar surface area (TPSA) is 54.4 Å². The van der Waals surface area contributed by atoms with Gasteiger partial charge in [0.2, 0.25) is 0 Å². The van der Waals surface area contributed by atoms with E-state index >= 15 is 0 Å². The smallest absolute Gasteiger partial charge is 0.338 e. The van der Waals surface area contributed by atoms with E-state index < -0.39 is 23.2 Å². The number of carbonyl (C=O) groups is 2. The lowest BCUT2D eigenvalue weighted by Crippen LogP contribution is -2.07. The summed E-state index contributed by atoms with van der Waals surface area (Å²) in [6.45, 7) is 1.24. The minimum absolute atomic E-state index is 0.134. The molecule has 0 aromatic heterocycles. The molecule has 0 amide bonds. The van der Waals surface area contributed by atoms with Crippen LogP contribution in [-0.4, -0.2) is 16.9 Å². The molecule has 1 rings (SSSR count). The first kappa shape index (κ1) is 11.3. The summed E-state index contributed by atoms with van der Waals surface area (Å²) in [6.07, 6.45) is -0.247. The normalized spacial score (nSPS) is 10.1. The standard InChI is InChI=1S/C10H8F2O3/c1-5(13)4-6-2-3-7(10(14)15)9(12)8(6)11/h2-3H,4H2,1H3,(H,14,15). The van der Waals surface area contributed by atoms with Crippen LogP contribution in [0.1, 0.15) is 22.8 Å². The lowest BCUT2D eigenvalue weighted by atomic mass is 10.1. The van der Waals surface area contributed by atoms with Crippen molar-refractivity contribution >= 4 is 11.8 Å². The zero-order valence-corrected chi connectivity index (χ0v) is 7.88. The Kier molecular flexibility index (Phi) is 3.14. The van der Waals surface area contributed by atoms with Gasteiger partial charge < -0.3 is 5.11 Å². The second-order valence-electron chi connectivity index (χ2n) is 3.08. The van der Waals surface area contributed by atoms with E-state index in [4.69, 9.17) is 5.11 Å². The number of benzene rings is 1. The Morgan fingerprint density at radius 3 is 2.33 bits per heavy atom. The number of carbonyl (C=O) groups excluding carboxylic acids is 1. The van der Waals surface area contributed by atoms with E-state index in [0.717, 1.165) is 12.1 Å². The SMILES string of the molecule is CC(=O)Cc1ccc(C(=O)O)c(F)c1F. The van der Waals surface area contributed by atoms with Crippen molar-refractivity contribution < 1.29 is 23.5 Å². The number of rotatable bonds is 3. The molecule has 0 aliphatic rings. The van der Waals surface area contributed by atoms with E-state index in [9.17, 15) is 18.4 Å².